The van der Waals surface area contributed by atoms with Crippen molar-refractivity contribution >= 4 is 8.03 Å². The van der Waals surface area contributed by atoms with E-state index in [9.17, 15) is 4.57 Å². The fourth-order valence-corrected chi connectivity index (χ4v) is 3.07. The van der Waals surface area contributed by atoms with Gasteiger partial charge in [-0.25, -0.2) is 0 Å². The zero-order valence-corrected chi connectivity index (χ0v) is 12.6. The number of hydrogen-bond donors (Lipinski definition) is 1. The highest BCUT2D eigenvalue weighted by atomic mass is 31.1. The second-order valence-electron chi connectivity index (χ2n) is 5.10. The first-order valence-electron chi connectivity index (χ1n) is 7.34. The molecule has 1 atom stereocenters. The van der Waals surface area contributed by atoms with Crippen molar-refractivity contribution in [2.45, 2.75) is 78.1 Å². The minimum atomic E-state index is -1.94. The molecule has 17 heavy (non-hydrogen) atoms. The van der Waals surface area contributed by atoms with Gasteiger partial charge in [-0.05, 0) is 17.4 Å². The van der Waals surface area contributed by atoms with Gasteiger partial charge in [-0.2, -0.15) is 4.89 Å². The van der Waals surface area contributed by atoms with Gasteiger partial charge in [0.15, 0.2) is 6.16 Å². The van der Waals surface area contributed by atoms with Crippen molar-refractivity contribution in [1.82, 2.24) is 0 Å². The van der Waals surface area contributed by atoms with Crippen LogP contribution in [0.4, 0.5) is 0 Å². The van der Waals surface area contributed by atoms with Crippen LogP contribution in [0.15, 0.2) is 0 Å². The number of hydrogen-bond acceptors (Lipinski definition) is 1. The van der Waals surface area contributed by atoms with Gasteiger partial charge in [-0.15, -0.1) is 0 Å². The molecule has 0 bridgehead atoms. The van der Waals surface area contributed by atoms with E-state index in [4.69, 9.17) is 4.89 Å². The van der Waals surface area contributed by atoms with Crippen LogP contribution < -0.4 is 0 Å². The molecule has 0 aromatic carbocycles. The summed E-state index contributed by atoms with van der Waals surface area (Å²) in [7, 11) is -1.94. The van der Waals surface area contributed by atoms with Gasteiger partial charge >= 0.3 is 8.03 Å². The van der Waals surface area contributed by atoms with E-state index >= 15 is 0 Å². The molecule has 2 nitrogen and oxygen atoms in total. The zero-order chi connectivity index (χ0) is 12.9. The van der Waals surface area contributed by atoms with Crippen LogP contribution in [0.2, 0.25) is 0 Å². The molecule has 0 aromatic heterocycles. The Labute approximate surface area is 108 Å². The molecule has 0 rings (SSSR count). The molecular formula is C14H30O2P+. The second-order valence-corrected chi connectivity index (χ2v) is 6.17. The van der Waals surface area contributed by atoms with E-state index in [0.717, 1.165) is 12.8 Å². The van der Waals surface area contributed by atoms with Crippen LogP contribution in [0, 0.1) is 5.92 Å². The minimum Gasteiger partial charge on any atom is -0.161 e. The summed E-state index contributed by atoms with van der Waals surface area (Å²) in [4.78, 5) is 9.04. The normalized spacial score (nSPS) is 12.1. The predicted molar refractivity (Wildman–Crippen MR) is 75.7 cm³/mol. The SMILES string of the molecule is CCCCCCC(CCCCCC)C[P+](=O)O. The summed E-state index contributed by atoms with van der Waals surface area (Å²) in [5.74, 6) is 0.484. The van der Waals surface area contributed by atoms with E-state index in [-0.39, 0.29) is 0 Å². The van der Waals surface area contributed by atoms with Crippen molar-refractivity contribution in [2.75, 3.05) is 6.16 Å². The third-order valence-corrected chi connectivity index (χ3v) is 4.18. The van der Waals surface area contributed by atoms with Gasteiger partial charge in [0.25, 0.3) is 0 Å². The average molecular weight is 261 g/mol. The summed E-state index contributed by atoms with van der Waals surface area (Å²) in [6.45, 7) is 4.43. The maximum atomic E-state index is 10.9. The number of rotatable bonds is 12. The highest BCUT2D eigenvalue weighted by Gasteiger charge is 2.20. The number of unbranched alkanes of at least 4 members (excludes halogenated alkanes) is 6. The molecule has 0 aliphatic heterocycles. The molecule has 0 saturated heterocycles. The molecule has 1 unspecified atom stereocenters. The van der Waals surface area contributed by atoms with Crippen molar-refractivity contribution in [1.29, 1.82) is 0 Å². The molecular weight excluding hydrogens is 231 g/mol. The Kier molecular flexibility index (Phi) is 12.6. The molecule has 102 valence electrons. The molecule has 0 radical (unpaired) electrons. The molecule has 0 fully saturated rings. The van der Waals surface area contributed by atoms with Crippen molar-refractivity contribution in [2.24, 2.45) is 5.92 Å². The Bertz CT molecular complexity index is 171. The highest BCUT2D eigenvalue weighted by molar-refractivity contribution is 7.38. The van der Waals surface area contributed by atoms with Crippen LogP contribution in [0.1, 0.15) is 78.1 Å². The Morgan fingerprint density at radius 2 is 1.35 bits per heavy atom. The Hall–Kier alpha value is 0.0600. The third kappa shape index (κ3) is 12.3. The quantitative estimate of drug-likeness (QED) is 0.383. The van der Waals surface area contributed by atoms with E-state index < -0.39 is 8.03 Å². The van der Waals surface area contributed by atoms with Crippen molar-refractivity contribution in [3.8, 4) is 0 Å². The van der Waals surface area contributed by atoms with Crippen LogP contribution in [-0.2, 0) is 4.57 Å². The summed E-state index contributed by atoms with van der Waals surface area (Å²) in [6, 6.07) is 0. The van der Waals surface area contributed by atoms with Gasteiger partial charge in [0, 0.05) is 5.92 Å². The van der Waals surface area contributed by atoms with Crippen LogP contribution in [0.5, 0.6) is 0 Å². The Morgan fingerprint density at radius 1 is 0.882 bits per heavy atom. The van der Waals surface area contributed by atoms with E-state index in [1.54, 1.807) is 0 Å². The topological polar surface area (TPSA) is 37.3 Å². The lowest BCUT2D eigenvalue weighted by molar-refractivity contribution is 0.421. The summed E-state index contributed by atoms with van der Waals surface area (Å²) in [5.41, 5.74) is 0. The van der Waals surface area contributed by atoms with Crippen molar-refractivity contribution < 1.29 is 9.46 Å². The third-order valence-electron chi connectivity index (χ3n) is 3.35. The smallest absolute Gasteiger partial charge is 0.161 e. The predicted octanol–water partition coefficient (Wildman–Crippen LogP) is 5.28. The summed E-state index contributed by atoms with van der Waals surface area (Å²) >= 11 is 0. The Morgan fingerprint density at radius 3 is 1.71 bits per heavy atom. The van der Waals surface area contributed by atoms with E-state index in [1.807, 2.05) is 0 Å². The Balaban J connectivity index is 3.68. The molecule has 0 spiro atoms. The van der Waals surface area contributed by atoms with Crippen LogP contribution in [0.3, 0.4) is 0 Å². The minimum absolute atomic E-state index is 0.484. The first-order valence-corrected chi connectivity index (χ1v) is 8.74. The van der Waals surface area contributed by atoms with Crippen LogP contribution in [0.25, 0.3) is 0 Å². The standard InChI is InChI=1S/C14H29O2P/c1-3-5-7-9-11-14(13-17(15)16)12-10-8-6-4-2/h14H,3-13H2,1-2H3/p+1. The lowest BCUT2D eigenvalue weighted by atomic mass is 9.96. The average Bonchev–Trinajstić information content (AvgIpc) is 2.29. The van der Waals surface area contributed by atoms with Gasteiger partial charge < -0.3 is 0 Å². The first-order chi connectivity index (χ1) is 8.20. The zero-order valence-electron chi connectivity index (χ0n) is 11.7. The fraction of sp³-hybridized carbons (Fsp3) is 1.00. The molecule has 3 heteroatoms. The maximum Gasteiger partial charge on any atom is 0.505 e. The van der Waals surface area contributed by atoms with E-state index in [1.165, 1.54) is 51.4 Å². The summed E-state index contributed by atoms with van der Waals surface area (Å²) < 4.78 is 10.9. The van der Waals surface area contributed by atoms with E-state index in [0.29, 0.717) is 12.1 Å². The summed E-state index contributed by atoms with van der Waals surface area (Å²) in [6.07, 6.45) is 13.0. The second kappa shape index (κ2) is 12.5. The van der Waals surface area contributed by atoms with Gasteiger partial charge in [-0.3, -0.25) is 0 Å². The van der Waals surface area contributed by atoms with Crippen molar-refractivity contribution in [3.05, 3.63) is 0 Å². The highest BCUT2D eigenvalue weighted by Crippen LogP contribution is 2.26. The van der Waals surface area contributed by atoms with E-state index in [2.05, 4.69) is 13.8 Å². The molecule has 0 aliphatic rings. The summed E-state index contributed by atoms with van der Waals surface area (Å²) in [5, 5.41) is 0. The van der Waals surface area contributed by atoms with Gasteiger partial charge in [0.05, 0.1) is 0 Å². The van der Waals surface area contributed by atoms with Gasteiger partial charge in [0.2, 0.25) is 0 Å². The molecule has 0 heterocycles. The molecule has 0 saturated carbocycles. The van der Waals surface area contributed by atoms with Crippen LogP contribution in [-0.4, -0.2) is 11.1 Å². The largest absolute Gasteiger partial charge is 0.505 e. The molecule has 0 aromatic rings. The molecule has 0 aliphatic carbocycles. The monoisotopic (exact) mass is 261 g/mol. The first kappa shape index (κ1) is 17.1. The lowest BCUT2D eigenvalue weighted by Gasteiger charge is -2.11. The van der Waals surface area contributed by atoms with Gasteiger partial charge in [0.1, 0.15) is 0 Å². The van der Waals surface area contributed by atoms with Crippen LogP contribution >= 0.6 is 8.03 Å². The van der Waals surface area contributed by atoms with Crippen molar-refractivity contribution in [3.63, 3.8) is 0 Å². The molecule has 0 amide bonds. The van der Waals surface area contributed by atoms with Gasteiger partial charge in [-0.1, -0.05) is 65.2 Å². The lowest BCUT2D eigenvalue weighted by Crippen LogP contribution is -2.04. The molecule has 1 N–H and O–H groups in total. The maximum absolute atomic E-state index is 10.9. The fourth-order valence-electron chi connectivity index (χ4n) is 2.27.